The fourth-order valence-electron chi connectivity index (χ4n) is 2.09. The molecular formula is C16H21NO. The summed E-state index contributed by atoms with van der Waals surface area (Å²) >= 11 is 0. The summed E-state index contributed by atoms with van der Waals surface area (Å²) in [6.45, 7) is 8.67. The molecule has 0 aliphatic rings. The van der Waals surface area contributed by atoms with Crippen molar-refractivity contribution in [1.29, 1.82) is 0 Å². The molecule has 0 amide bonds. The van der Waals surface area contributed by atoms with Crippen LogP contribution in [0.2, 0.25) is 0 Å². The molecule has 0 N–H and O–H groups in total. The van der Waals surface area contributed by atoms with Crippen LogP contribution in [0.4, 0.5) is 0 Å². The summed E-state index contributed by atoms with van der Waals surface area (Å²) in [4.78, 5) is 4.37. The number of rotatable bonds is 4. The van der Waals surface area contributed by atoms with Crippen LogP contribution in [-0.2, 0) is 6.42 Å². The van der Waals surface area contributed by atoms with Gasteiger partial charge >= 0.3 is 0 Å². The van der Waals surface area contributed by atoms with Crippen LogP contribution in [-0.4, -0.2) is 4.98 Å². The average Bonchev–Trinajstić information content (AvgIpc) is 2.78. The molecule has 0 saturated carbocycles. The Labute approximate surface area is 109 Å². The molecule has 0 aliphatic heterocycles. The van der Waals surface area contributed by atoms with E-state index in [4.69, 9.17) is 4.42 Å². The third-order valence-corrected chi connectivity index (χ3v) is 3.16. The molecule has 2 heteroatoms. The second kappa shape index (κ2) is 5.38. The SMILES string of the molecule is CC(C)c1cnc(Cc2ccccc2C(C)C)o1. The lowest BCUT2D eigenvalue weighted by atomic mass is 9.95. The van der Waals surface area contributed by atoms with Crippen molar-refractivity contribution < 1.29 is 4.42 Å². The maximum atomic E-state index is 5.77. The summed E-state index contributed by atoms with van der Waals surface area (Å²) in [5.41, 5.74) is 2.69. The number of oxazole rings is 1. The molecule has 0 unspecified atom stereocenters. The summed E-state index contributed by atoms with van der Waals surface area (Å²) in [5, 5.41) is 0. The zero-order valence-electron chi connectivity index (χ0n) is 11.6. The van der Waals surface area contributed by atoms with Gasteiger partial charge in [0.15, 0.2) is 5.89 Å². The van der Waals surface area contributed by atoms with Crippen molar-refractivity contribution in [3.63, 3.8) is 0 Å². The number of nitrogens with zero attached hydrogens (tertiary/aromatic N) is 1. The lowest BCUT2D eigenvalue weighted by Gasteiger charge is -2.10. The molecule has 0 atom stereocenters. The van der Waals surface area contributed by atoms with Crippen molar-refractivity contribution in [3.8, 4) is 0 Å². The predicted molar refractivity (Wildman–Crippen MR) is 73.9 cm³/mol. The Balaban J connectivity index is 2.23. The van der Waals surface area contributed by atoms with E-state index in [1.807, 2.05) is 6.20 Å². The molecule has 1 aromatic carbocycles. The predicted octanol–water partition coefficient (Wildman–Crippen LogP) is 4.51. The summed E-state index contributed by atoms with van der Waals surface area (Å²) in [7, 11) is 0. The van der Waals surface area contributed by atoms with Crippen molar-refractivity contribution >= 4 is 0 Å². The molecule has 0 aliphatic carbocycles. The Kier molecular flexibility index (Phi) is 3.85. The summed E-state index contributed by atoms with van der Waals surface area (Å²) in [5.74, 6) is 2.70. The Morgan fingerprint density at radius 1 is 1.06 bits per heavy atom. The highest BCUT2D eigenvalue weighted by atomic mass is 16.4. The van der Waals surface area contributed by atoms with Gasteiger partial charge in [0.1, 0.15) is 5.76 Å². The monoisotopic (exact) mass is 243 g/mol. The van der Waals surface area contributed by atoms with E-state index in [9.17, 15) is 0 Å². The van der Waals surface area contributed by atoms with Gasteiger partial charge in [0.05, 0.1) is 6.20 Å². The van der Waals surface area contributed by atoms with Gasteiger partial charge in [-0.25, -0.2) is 4.98 Å². The number of benzene rings is 1. The summed E-state index contributed by atoms with van der Waals surface area (Å²) < 4.78 is 5.77. The lowest BCUT2D eigenvalue weighted by molar-refractivity contribution is 0.446. The first-order chi connectivity index (χ1) is 8.58. The molecule has 1 heterocycles. The second-order valence-corrected chi connectivity index (χ2v) is 5.34. The van der Waals surface area contributed by atoms with Crippen LogP contribution in [0.1, 0.15) is 62.3 Å². The van der Waals surface area contributed by atoms with Crippen molar-refractivity contribution in [2.24, 2.45) is 0 Å². The van der Waals surface area contributed by atoms with E-state index in [2.05, 4.69) is 56.9 Å². The van der Waals surface area contributed by atoms with Crippen molar-refractivity contribution in [2.75, 3.05) is 0 Å². The first-order valence-corrected chi connectivity index (χ1v) is 6.60. The van der Waals surface area contributed by atoms with Gasteiger partial charge in [0.2, 0.25) is 0 Å². The lowest BCUT2D eigenvalue weighted by Crippen LogP contribution is -1.97. The van der Waals surface area contributed by atoms with Crippen molar-refractivity contribution in [3.05, 3.63) is 53.2 Å². The Hall–Kier alpha value is -1.57. The molecular weight excluding hydrogens is 222 g/mol. The molecule has 1 aromatic heterocycles. The maximum Gasteiger partial charge on any atom is 0.198 e. The molecule has 0 saturated heterocycles. The number of aromatic nitrogens is 1. The van der Waals surface area contributed by atoms with Gasteiger partial charge < -0.3 is 4.42 Å². The van der Waals surface area contributed by atoms with E-state index in [1.54, 1.807) is 0 Å². The number of hydrogen-bond donors (Lipinski definition) is 0. The molecule has 2 rings (SSSR count). The van der Waals surface area contributed by atoms with Gasteiger partial charge in [-0.2, -0.15) is 0 Å². The van der Waals surface area contributed by atoms with Crippen LogP contribution in [0.3, 0.4) is 0 Å². The minimum absolute atomic E-state index is 0.395. The van der Waals surface area contributed by atoms with Crippen LogP contribution in [0, 0.1) is 0 Å². The molecule has 0 spiro atoms. The van der Waals surface area contributed by atoms with Gasteiger partial charge in [-0.15, -0.1) is 0 Å². The van der Waals surface area contributed by atoms with Crippen LogP contribution < -0.4 is 0 Å². The Bertz CT molecular complexity index is 511. The summed E-state index contributed by atoms with van der Waals surface area (Å²) in [6, 6.07) is 8.52. The molecule has 2 aromatic rings. The highest BCUT2D eigenvalue weighted by Crippen LogP contribution is 2.23. The van der Waals surface area contributed by atoms with Crippen molar-refractivity contribution in [2.45, 2.75) is 46.0 Å². The molecule has 0 fully saturated rings. The number of hydrogen-bond acceptors (Lipinski definition) is 2. The van der Waals surface area contributed by atoms with E-state index in [-0.39, 0.29) is 0 Å². The summed E-state index contributed by atoms with van der Waals surface area (Å²) in [6.07, 6.45) is 2.62. The Morgan fingerprint density at radius 2 is 1.78 bits per heavy atom. The smallest absolute Gasteiger partial charge is 0.198 e. The molecule has 2 nitrogen and oxygen atoms in total. The molecule has 0 radical (unpaired) electrons. The quantitative estimate of drug-likeness (QED) is 0.789. The first kappa shape index (κ1) is 12.9. The molecule has 18 heavy (non-hydrogen) atoms. The topological polar surface area (TPSA) is 26.0 Å². The van der Waals surface area contributed by atoms with E-state index < -0.39 is 0 Å². The minimum Gasteiger partial charge on any atom is -0.445 e. The van der Waals surface area contributed by atoms with Gasteiger partial charge in [-0.3, -0.25) is 0 Å². The van der Waals surface area contributed by atoms with Crippen LogP contribution in [0.25, 0.3) is 0 Å². The zero-order valence-corrected chi connectivity index (χ0v) is 11.6. The van der Waals surface area contributed by atoms with E-state index in [1.165, 1.54) is 11.1 Å². The highest BCUT2D eigenvalue weighted by Gasteiger charge is 2.11. The van der Waals surface area contributed by atoms with Gasteiger partial charge in [0.25, 0.3) is 0 Å². The molecule has 96 valence electrons. The normalized spacial score (nSPS) is 11.4. The van der Waals surface area contributed by atoms with Gasteiger partial charge in [-0.1, -0.05) is 52.0 Å². The van der Waals surface area contributed by atoms with Crippen LogP contribution in [0.5, 0.6) is 0 Å². The van der Waals surface area contributed by atoms with Gasteiger partial charge in [0, 0.05) is 12.3 Å². The maximum absolute atomic E-state index is 5.77. The first-order valence-electron chi connectivity index (χ1n) is 6.60. The standard InChI is InChI=1S/C16H21NO/c1-11(2)14-8-6-5-7-13(14)9-16-17-10-15(18-16)12(3)4/h5-8,10-12H,9H2,1-4H3. The van der Waals surface area contributed by atoms with E-state index in [0.29, 0.717) is 11.8 Å². The van der Waals surface area contributed by atoms with Crippen LogP contribution in [0.15, 0.2) is 34.9 Å². The Morgan fingerprint density at radius 3 is 2.39 bits per heavy atom. The third kappa shape index (κ3) is 2.81. The zero-order chi connectivity index (χ0) is 13.1. The largest absolute Gasteiger partial charge is 0.445 e. The fraction of sp³-hybridized carbons (Fsp3) is 0.438. The average molecular weight is 243 g/mol. The van der Waals surface area contributed by atoms with Crippen LogP contribution >= 0.6 is 0 Å². The van der Waals surface area contributed by atoms with Gasteiger partial charge in [-0.05, 0) is 17.0 Å². The third-order valence-electron chi connectivity index (χ3n) is 3.16. The highest BCUT2D eigenvalue weighted by molar-refractivity contribution is 5.31. The van der Waals surface area contributed by atoms with E-state index in [0.717, 1.165) is 18.1 Å². The van der Waals surface area contributed by atoms with Crippen molar-refractivity contribution in [1.82, 2.24) is 4.98 Å². The minimum atomic E-state index is 0.395. The second-order valence-electron chi connectivity index (χ2n) is 5.34. The molecule has 0 bridgehead atoms. The van der Waals surface area contributed by atoms with E-state index >= 15 is 0 Å². The fourth-order valence-corrected chi connectivity index (χ4v) is 2.09.